The number of aromatic nitrogens is 7. The molecule has 0 aromatic carbocycles. The number of nitrogens with zero attached hydrogens (tertiary/aromatic N) is 7. The minimum atomic E-state index is -2.80. The highest BCUT2D eigenvalue weighted by atomic mass is 19.3. The van der Waals surface area contributed by atoms with Gasteiger partial charge >= 0.3 is 6.43 Å². The molecule has 4 heterocycles. The summed E-state index contributed by atoms with van der Waals surface area (Å²) in [6, 6.07) is 7.19. The standard InChI is InChI=1S/C17H13F2N7O/c1-10-13(3-2-6-20-10)14-9-26(25-22-14)8-12-5-4-11(7-21-12)16-23-24-17(27-16)15(18)19/h2-7,9,15H,8H2,1H3. The van der Waals surface area contributed by atoms with Crippen molar-refractivity contribution < 1.29 is 13.2 Å². The summed E-state index contributed by atoms with van der Waals surface area (Å²) < 4.78 is 31.6. The third kappa shape index (κ3) is 3.54. The van der Waals surface area contributed by atoms with Crippen LogP contribution < -0.4 is 0 Å². The van der Waals surface area contributed by atoms with Crippen LogP contribution in [0.2, 0.25) is 0 Å². The SMILES string of the molecule is Cc1ncccc1-c1cn(Cc2ccc(-c3nnc(C(F)F)o3)cn2)nn1. The fourth-order valence-electron chi connectivity index (χ4n) is 2.50. The number of pyridine rings is 2. The molecule has 0 fully saturated rings. The second kappa shape index (κ2) is 6.98. The van der Waals surface area contributed by atoms with E-state index in [1.54, 1.807) is 23.0 Å². The number of alkyl halides is 2. The van der Waals surface area contributed by atoms with Gasteiger partial charge in [0, 0.05) is 23.7 Å². The molecule has 0 aliphatic carbocycles. The Morgan fingerprint density at radius 1 is 1.11 bits per heavy atom. The Bertz CT molecular complexity index is 1060. The van der Waals surface area contributed by atoms with Gasteiger partial charge in [0.25, 0.3) is 5.89 Å². The van der Waals surface area contributed by atoms with Crippen LogP contribution in [-0.4, -0.2) is 35.2 Å². The van der Waals surface area contributed by atoms with Crippen molar-refractivity contribution in [2.75, 3.05) is 0 Å². The lowest BCUT2D eigenvalue weighted by Gasteiger charge is -2.01. The topological polar surface area (TPSA) is 95.4 Å². The van der Waals surface area contributed by atoms with Crippen LogP contribution in [0.15, 0.2) is 47.3 Å². The summed E-state index contributed by atoms with van der Waals surface area (Å²) in [5.74, 6) is -0.714. The van der Waals surface area contributed by atoms with Crippen molar-refractivity contribution in [3.05, 3.63) is 60.1 Å². The van der Waals surface area contributed by atoms with Crippen molar-refractivity contribution in [3.63, 3.8) is 0 Å². The number of rotatable bonds is 5. The molecule has 0 aliphatic heterocycles. The number of hydrogen-bond donors (Lipinski definition) is 0. The Kier molecular flexibility index (Phi) is 4.37. The van der Waals surface area contributed by atoms with Gasteiger partial charge in [0.15, 0.2) is 0 Å². The Morgan fingerprint density at radius 2 is 2.00 bits per heavy atom. The maximum absolute atomic E-state index is 12.5. The smallest absolute Gasteiger partial charge is 0.314 e. The molecule has 0 spiro atoms. The number of halogens is 2. The molecule has 0 bridgehead atoms. The lowest BCUT2D eigenvalue weighted by atomic mass is 10.1. The quantitative estimate of drug-likeness (QED) is 0.533. The van der Waals surface area contributed by atoms with Crippen molar-refractivity contribution in [2.24, 2.45) is 0 Å². The summed E-state index contributed by atoms with van der Waals surface area (Å²) in [6.07, 6.45) is 2.22. The van der Waals surface area contributed by atoms with E-state index in [9.17, 15) is 8.78 Å². The molecule has 0 saturated heterocycles. The van der Waals surface area contributed by atoms with E-state index in [1.807, 2.05) is 25.3 Å². The monoisotopic (exact) mass is 369 g/mol. The Morgan fingerprint density at radius 3 is 2.70 bits per heavy atom. The van der Waals surface area contributed by atoms with Gasteiger partial charge in [-0.1, -0.05) is 5.21 Å². The van der Waals surface area contributed by atoms with Crippen LogP contribution in [0.5, 0.6) is 0 Å². The number of aryl methyl sites for hydroxylation is 1. The zero-order valence-electron chi connectivity index (χ0n) is 14.1. The predicted molar refractivity (Wildman–Crippen MR) is 89.6 cm³/mol. The highest BCUT2D eigenvalue weighted by Gasteiger charge is 2.17. The molecule has 0 N–H and O–H groups in total. The van der Waals surface area contributed by atoms with Crippen LogP contribution in [0.1, 0.15) is 23.7 Å². The van der Waals surface area contributed by atoms with Crippen molar-refractivity contribution >= 4 is 0 Å². The third-order valence-electron chi connectivity index (χ3n) is 3.84. The lowest BCUT2D eigenvalue weighted by Crippen LogP contribution is -2.02. The van der Waals surface area contributed by atoms with E-state index in [2.05, 4.69) is 30.5 Å². The molecule has 0 saturated carbocycles. The molecule has 0 radical (unpaired) electrons. The minimum absolute atomic E-state index is 0.000514. The molecule has 4 aromatic rings. The van der Waals surface area contributed by atoms with E-state index in [0.29, 0.717) is 17.8 Å². The van der Waals surface area contributed by atoms with Crippen molar-refractivity contribution in [2.45, 2.75) is 19.9 Å². The summed E-state index contributed by atoms with van der Waals surface area (Å²) in [7, 11) is 0. The van der Waals surface area contributed by atoms with Crippen LogP contribution in [0.4, 0.5) is 8.78 Å². The average Bonchev–Trinajstić information content (AvgIpc) is 3.33. The van der Waals surface area contributed by atoms with Crippen LogP contribution in [-0.2, 0) is 6.54 Å². The zero-order valence-corrected chi connectivity index (χ0v) is 14.1. The first-order chi connectivity index (χ1) is 13.1. The van der Waals surface area contributed by atoms with Gasteiger partial charge in [0.2, 0.25) is 5.89 Å². The molecule has 10 heteroatoms. The first-order valence-electron chi connectivity index (χ1n) is 7.99. The lowest BCUT2D eigenvalue weighted by molar-refractivity contribution is 0.116. The van der Waals surface area contributed by atoms with E-state index in [-0.39, 0.29) is 5.89 Å². The molecule has 0 unspecified atom stereocenters. The highest BCUT2D eigenvalue weighted by molar-refractivity contribution is 5.60. The zero-order chi connectivity index (χ0) is 18.8. The maximum atomic E-state index is 12.5. The van der Waals surface area contributed by atoms with Crippen molar-refractivity contribution in [3.8, 4) is 22.7 Å². The fraction of sp³-hybridized carbons (Fsp3) is 0.176. The van der Waals surface area contributed by atoms with Crippen LogP contribution >= 0.6 is 0 Å². The van der Waals surface area contributed by atoms with Gasteiger partial charge in [-0.05, 0) is 31.2 Å². The normalized spacial score (nSPS) is 11.3. The molecular weight excluding hydrogens is 356 g/mol. The second-order valence-corrected chi connectivity index (χ2v) is 5.72. The van der Waals surface area contributed by atoms with Crippen LogP contribution in [0.3, 0.4) is 0 Å². The van der Waals surface area contributed by atoms with E-state index in [1.165, 1.54) is 6.20 Å². The number of hydrogen-bond acceptors (Lipinski definition) is 7. The van der Waals surface area contributed by atoms with Crippen molar-refractivity contribution in [1.29, 1.82) is 0 Å². The largest absolute Gasteiger partial charge is 0.415 e. The van der Waals surface area contributed by atoms with Gasteiger partial charge in [-0.25, -0.2) is 4.68 Å². The van der Waals surface area contributed by atoms with Gasteiger partial charge in [0.05, 0.1) is 24.0 Å². The highest BCUT2D eigenvalue weighted by Crippen LogP contribution is 2.23. The molecule has 0 amide bonds. The molecule has 27 heavy (non-hydrogen) atoms. The first kappa shape index (κ1) is 16.9. The first-order valence-corrected chi connectivity index (χ1v) is 7.99. The van der Waals surface area contributed by atoms with Gasteiger partial charge in [-0.15, -0.1) is 15.3 Å². The fourth-order valence-corrected chi connectivity index (χ4v) is 2.50. The van der Waals surface area contributed by atoms with Gasteiger partial charge in [-0.3, -0.25) is 9.97 Å². The van der Waals surface area contributed by atoms with Gasteiger partial charge in [-0.2, -0.15) is 8.78 Å². The average molecular weight is 369 g/mol. The molecule has 136 valence electrons. The summed E-state index contributed by atoms with van der Waals surface area (Å²) in [6.45, 7) is 2.31. The summed E-state index contributed by atoms with van der Waals surface area (Å²) in [5, 5.41) is 15.2. The molecular formula is C17H13F2N7O. The van der Waals surface area contributed by atoms with Gasteiger partial charge < -0.3 is 4.42 Å². The second-order valence-electron chi connectivity index (χ2n) is 5.72. The summed E-state index contributed by atoms with van der Waals surface area (Å²) in [5.41, 5.74) is 3.69. The maximum Gasteiger partial charge on any atom is 0.314 e. The minimum Gasteiger partial charge on any atom is -0.415 e. The molecule has 8 nitrogen and oxygen atoms in total. The summed E-state index contributed by atoms with van der Waals surface area (Å²) in [4.78, 5) is 8.53. The van der Waals surface area contributed by atoms with E-state index in [4.69, 9.17) is 4.42 Å². The molecule has 4 rings (SSSR count). The Labute approximate surface area is 151 Å². The van der Waals surface area contributed by atoms with Crippen LogP contribution in [0.25, 0.3) is 22.7 Å². The van der Waals surface area contributed by atoms with Crippen molar-refractivity contribution in [1.82, 2.24) is 35.2 Å². The summed E-state index contributed by atoms with van der Waals surface area (Å²) >= 11 is 0. The van der Waals surface area contributed by atoms with E-state index >= 15 is 0 Å². The molecule has 0 aliphatic rings. The molecule has 0 atom stereocenters. The Balaban J connectivity index is 1.50. The Hall–Kier alpha value is -3.56. The van der Waals surface area contributed by atoms with E-state index in [0.717, 1.165) is 17.0 Å². The predicted octanol–water partition coefficient (Wildman–Crippen LogP) is 3.08. The van der Waals surface area contributed by atoms with E-state index < -0.39 is 12.3 Å². The third-order valence-corrected chi connectivity index (χ3v) is 3.84. The van der Waals surface area contributed by atoms with Crippen LogP contribution in [0, 0.1) is 6.92 Å². The molecule has 4 aromatic heterocycles. The van der Waals surface area contributed by atoms with Gasteiger partial charge in [0.1, 0.15) is 5.69 Å².